The van der Waals surface area contributed by atoms with Gasteiger partial charge in [0.15, 0.2) is 5.69 Å². The van der Waals surface area contributed by atoms with Crippen molar-refractivity contribution in [2.75, 3.05) is 18.8 Å². The first-order valence-corrected chi connectivity index (χ1v) is 14.1. The molecule has 0 radical (unpaired) electrons. The number of thioether (sulfide) groups is 1. The predicted octanol–water partition coefficient (Wildman–Crippen LogP) is 5.71. The number of halogens is 4. The minimum absolute atomic E-state index is 0.455. The highest BCUT2D eigenvalue weighted by Gasteiger charge is 2.48. The first kappa shape index (κ1) is 29.6. The number of ether oxygens (including phenoxy) is 3. The molecule has 0 N–H and O–H groups in total. The van der Waals surface area contributed by atoms with Crippen molar-refractivity contribution in [3.63, 3.8) is 0 Å². The van der Waals surface area contributed by atoms with Gasteiger partial charge in [-0.2, -0.15) is 13.2 Å². The summed E-state index contributed by atoms with van der Waals surface area (Å²) in [7, 11) is 1.07. The number of aromatic nitrogens is 1. The number of nitrogens with zero attached hydrogens (tertiary/aromatic N) is 3. The van der Waals surface area contributed by atoms with Gasteiger partial charge >= 0.3 is 12.3 Å². The number of rotatable bonds is 5. The SMILES string of the molecule is COC(=O)OC(C)Oc1c2n(ccc1=O)N([C@@H]1c3ccccc3SCc3c(Cl)cccc31)CN([C@H](C)C(F)(F)F)C2=O. The molecule has 0 saturated carbocycles. The molecular formula is C28H25ClF3N3O6S. The first-order valence-electron chi connectivity index (χ1n) is 12.7. The zero-order chi connectivity index (χ0) is 30.3. The van der Waals surface area contributed by atoms with E-state index in [9.17, 15) is 27.6 Å². The smallest absolute Gasteiger partial charge is 0.448 e. The lowest BCUT2D eigenvalue weighted by molar-refractivity contribution is -0.173. The summed E-state index contributed by atoms with van der Waals surface area (Å²) in [5.41, 5.74) is 1.03. The molecular weight excluding hydrogens is 599 g/mol. The maximum Gasteiger partial charge on any atom is 0.511 e. The van der Waals surface area contributed by atoms with E-state index in [1.165, 1.54) is 29.6 Å². The van der Waals surface area contributed by atoms with E-state index in [1.54, 1.807) is 17.1 Å². The number of hydrogen-bond donors (Lipinski definition) is 0. The highest BCUT2D eigenvalue weighted by Crippen LogP contribution is 2.45. The molecule has 0 spiro atoms. The van der Waals surface area contributed by atoms with E-state index in [4.69, 9.17) is 21.1 Å². The Bertz CT molecular complexity index is 1600. The molecule has 0 fully saturated rings. The molecule has 1 aromatic heterocycles. The lowest BCUT2D eigenvalue weighted by Crippen LogP contribution is -2.60. The Labute approximate surface area is 247 Å². The molecule has 222 valence electrons. The zero-order valence-electron chi connectivity index (χ0n) is 22.6. The van der Waals surface area contributed by atoms with Gasteiger partial charge in [0.25, 0.3) is 5.91 Å². The Morgan fingerprint density at radius 2 is 1.79 bits per heavy atom. The van der Waals surface area contributed by atoms with Crippen LogP contribution in [0.5, 0.6) is 5.75 Å². The van der Waals surface area contributed by atoms with Crippen molar-refractivity contribution in [3.8, 4) is 5.75 Å². The van der Waals surface area contributed by atoms with Gasteiger partial charge < -0.3 is 19.1 Å². The number of benzene rings is 2. The van der Waals surface area contributed by atoms with Crippen molar-refractivity contribution in [2.24, 2.45) is 0 Å². The van der Waals surface area contributed by atoms with Crippen LogP contribution >= 0.6 is 23.4 Å². The monoisotopic (exact) mass is 623 g/mol. The van der Waals surface area contributed by atoms with E-state index in [0.29, 0.717) is 15.7 Å². The Hall–Kier alpha value is -3.84. The van der Waals surface area contributed by atoms with E-state index in [1.807, 2.05) is 30.3 Å². The second-order valence-corrected chi connectivity index (χ2v) is 11.0. The fourth-order valence-corrected chi connectivity index (χ4v) is 6.44. The summed E-state index contributed by atoms with van der Waals surface area (Å²) < 4.78 is 58.6. The fraction of sp³-hybridized carbons (Fsp3) is 0.321. The summed E-state index contributed by atoms with van der Waals surface area (Å²) >= 11 is 8.15. The van der Waals surface area contributed by atoms with E-state index in [-0.39, 0.29) is 0 Å². The van der Waals surface area contributed by atoms with Crippen molar-refractivity contribution < 1.29 is 37.0 Å². The summed E-state index contributed by atoms with van der Waals surface area (Å²) in [6, 6.07) is 11.0. The molecule has 0 aliphatic carbocycles. The Balaban J connectivity index is 1.75. The molecule has 0 bridgehead atoms. The molecule has 3 aromatic rings. The van der Waals surface area contributed by atoms with Gasteiger partial charge in [0.2, 0.25) is 17.5 Å². The maximum absolute atomic E-state index is 14.1. The van der Waals surface area contributed by atoms with Crippen LogP contribution in [0.4, 0.5) is 18.0 Å². The highest BCUT2D eigenvalue weighted by molar-refractivity contribution is 7.98. The number of carbonyl (C=O) groups is 2. The van der Waals surface area contributed by atoms with Gasteiger partial charge in [-0.05, 0) is 35.7 Å². The van der Waals surface area contributed by atoms with Gasteiger partial charge in [-0.1, -0.05) is 41.9 Å². The number of methoxy groups -OCH3 is 1. The molecule has 2 aliphatic rings. The Morgan fingerprint density at radius 1 is 1.07 bits per heavy atom. The second-order valence-electron chi connectivity index (χ2n) is 9.57. The number of amides is 1. The zero-order valence-corrected chi connectivity index (χ0v) is 24.1. The Kier molecular flexibility index (Phi) is 8.08. The Morgan fingerprint density at radius 3 is 2.50 bits per heavy atom. The van der Waals surface area contributed by atoms with Crippen molar-refractivity contribution in [2.45, 2.75) is 49.0 Å². The van der Waals surface area contributed by atoms with Gasteiger partial charge in [0.05, 0.1) is 13.2 Å². The van der Waals surface area contributed by atoms with Gasteiger partial charge in [0, 0.05) is 34.9 Å². The summed E-state index contributed by atoms with van der Waals surface area (Å²) in [4.78, 5) is 40.0. The number of fused-ring (bicyclic) bond motifs is 3. The quantitative estimate of drug-likeness (QED) is 0.264. The number of hydrogen-bond acceptors (Lipinski definition) is 8. The average Bonchev–Trinajstić information content (AvgIpc) is 3.11. The van der Waals surface area contributed by atoms with Crippen LogP contribution in [-0.2, 0) is 15.2 Å². The van der Waals surface area contributed by atoms with Gasteiger partial charge in [-0.15, -0.1) is 11.8 Å². The largest absolute Gasteiger partial charge is 0.511 e. The lowest BCUT2D eigenvalue weighted by atomic mass is 9.94. The molecule has 3 atom stereocenters. The molecule has 2 aromatic carbocycles. The van der Waals surface area contributed by atoms with Crippen LogP contribution in [0.15, 0.2) is 64.4 Å². The van der Waals surface area contributed by atoms with Crippen LogP contribution in [-0.4, -0.2) is 53.9 Å². The van der Waals surface area contributed by atoms with Crippen molar-refractivity contribution in [1.29, 1.82) is 0 Å². The minimum atomic E-state index is -4.78. The molecule has 42 heavy (non-hydrogen) atoms. The number of alkyl halides is 3. The van der Waals surface area contributed by atoms with Gasteiger partial charge in [0.1, 0.15) is 12.7 Å². The minimum Gasteiger partial charge on any atom is -0.448 e. The van der Waals surface area contributed by atoms with Crippen LogP contribution in [0, 0.1) is 0 Å². The van der Waals surface area contributed by atoms with Crippen LogP contribution in [0.25, 0.3) is 0 Å². The number of carbonyl (C=O) groups excluding carboxylic acids is 2. The predicted molar refractivity (Wildman–Crippen MR) is 148 cm³/mol. The van der Waals surface area contributed by atoms with Crippen molar-refractivity contribution >= 4 is 35.4 Å². The van der Waals surface area contributed by atoms with Crippen LogP contribution in [0.3, 0.4) is 0 Å². The van der Waals surface area contributed by atoms with E-state index < -0.39 is 60.2 Å². The molecule has 14 heteroatoms. The van der Waals surface area contributed by atoms with Crippen LogP contribution in [0.1, 0.15) is 47.1 Å². The summed E-state index contributed by atoms with van der Waals surface area (Å²) in [6.07, 6.45) is -5.99. The topological polar surface area (TPSA) is 90.3 Å². The molecule has 1 unspecified atom stereocenters. The van der Waals surface area contributed by atoms with E-state index in [2.05, 4.69) is 4.74 Å². The average molecular weight is 624 g/mol. The molecule has 0 saturated heterocycles. The van der Waals surface area contributed by atoms with E-state index >= 15 is 0 Å². The normalized spacial score (nSPS) is 17.8. The van der Waals surface area contributed by atoms with E-state index in [0.717, 1.165) is 41.7 Å². The summed E-state index contributed by atoms with van der Waals surface area (Å²) in [5, 5.41) is 2.06. The van der Waals surface area contributed by atoms with Gasteiger partial charge in [-0.25, -0.2) is 4.79 Å². The fourth-order valence-electron chi connectivity index (χ4n) is 4.97. The molecule has 2 aliphatic heterocycles. The summed E-state index contributed by atoms with van der Waals surface area (Å²) in [6.45, 7) is 1.66. The van der Waals surface area contributed by atoms with Crippen molar-refractivity contribution in [1.82, 2.24) is 9.58 Å². The third-order valence-electron chi connectivity index (χ3n) is 7.06. The molecule has 9 nitrogen and oxygen atoms in total. The summed E-state index contributed by atoms with van der Waals surface area (Å²) in [5.74, 6) is -1.16. The molecule has 1 amide bonds. The second kappa shape index (κ2) is 11.4. The van der Waals surface area contributed by atoms with Crippen molar-refractivity contribution in [3.05, 3.63) is 92.4 Å². The standard InChI is InChI=1S/C28H25ClF3N3O6S/c1-15(28(30,31)32)33-14-35(23-17-8-6-9-20(29)19(17)13-42-22-10-5-4-7-18(22)23)34-12-11-21(36)25(24(34)26(33)37)40-16(2)41-27(38)39-3/h4-12,15-16,23H,13-14H2,1-3H3/t15-,16?,23+/m1/s1. The molecule has 5 rings (SSSR count). The first-order chi connectivity index (χ1) is 19.9. The van der Waals surface area contributed by atoms with Crippen LogP contribution < -0.4 is 15.2 Å². The van der Waals surface area contributed by atoms with Gasteiger partial charge in [-0.3, -0.25) is 19.3 Å². The maximum atomic E-state index is 14.1. The highest BCUT2D eigenvalue weighted by atomic mass is 35.5. The lowest BCUT2D eigenvalue weighted by Gasteiger charge is -2.46. The number of pyridine rings is 1. The van der Waals surface area contributed by atoms with Crippen LogP contribution in [0.2, 0.25) is 5.02 Å². The molecule has 3 heterocycles. The third-order valence-corrected chi connectivity index (χ3v) is 8.53. The third kappa shape index (κ3) is 5.38.